The van der Waals surface area contributed by atoms with Crippen LogP contribution in [0.1, 0.15) is 66.6 Å². The zero-order valence-electron chi connectivity index (χ0n) is 19.5. The molecule has 0 unspecified atom stereocenters. The maximum Gasteiger partial charge on any atom is 0.416 e. The number of amides is 3. The van der Waals surface area contributed by atoms with E-state index >= 15 is 0 Å². The van der Waals surface area contributed by atoms with Crippen LogP contribution in [0.5, 0.6) is 0 Å². The van der Waals surface area contributed by atoms with Gasteiger partial charge in [0.2, 0.25) is 17.7 Å². The van der Waals surface area contributed by atoms with E-state index < -0.39 is 34.9 Å². The lowest BCUT2D eigenvalue weighted by atomic mass is 9.75. The Morgan fingerprint density at radius 3 is 2.69 bits per heavy atom. The molecule has 1 aromatic carbocycles. The van der Waals surface area contributed by atoms with Gasteiger partial charge in [0.25, 0.3) is 0 Å². The topological polar surface area (TPSA) is 86.4 Å². The standard InChI is InChI=1S/C25H27F3N4O3/c1-31(14-20-18-7-2-3-8-19(18)29-30-20)21(33)12-24(13-22(34)32(23(24)35)17-9-10-17)15-5-4-6-16(11-15)25(26,27)28/h4-6,11,17H,2-3,7-10,12-14H2,1H3,(H,29,30)/t24-/m0/s1. The summed E-state index contributed by atoms with van der Waals surface area (Å²) in [6, 6.07) is 4.23. The van der Waals surface area contributed by atoms with Gasteiger partial charge in [-0.2, -0.15) is 18.3 Å². The van der Waals surface area contributed by atoms with Crippen molar-refractivity contribution in [2.45, 2.75) is 75.5 Å². The number of fused-ring (bicyclic) bond motifs is 1. The number of aromatic amines is 1. The van der Waals surface area contributed by atoms with Crippen LogP contribution in [-0.4, -0.2) is 50.8 Å². The summed E-state index contributed by atoms with van der Waals surface area (Å²) in [4.78, 5) is 42.4. The molecule has 2 heterocycles. The lowest BCUT2D eigenvalue weighted by Crippen LogP contribution is -2.43. The molecule has 186 valence electrons. The molecular weight excluding hydrogens is 461 g/mol. The van der Waals surface area contributed by atoms with Crippen LogP contribution in [0.25, 0.3) is 0 Å². The van der Waals surface area contributed by atoms with Crippen LogP contribution in [0, 0.1) is 0 Å². The van der Waals surface area contributed by atoms with Gasteiger partial charge in [-0.05, 0) is 55.7 Å². The van der Waals surface area contributed by atoms with E-state index in [0.717, 1.165) is 59.7 Å². The summed E-state index contributed by atoms with van der Waals surface area (Å²) in [7, 11) is 1.59. The van der Waals surface area contributed by atoms with Crippen molar-refractivity contribution < 1.29 is 27.6 Å². The van der Waals surface area contributed by atoms with Crippen LogP contribution < -0.4 is 0 Å². The summed E-state index contributed by atoms with van der Waals surface area (Å²) in [5, 5.41) is 7.40. The highest BCUT2D eigenvalue weighted by Gasteiger charge is 2.57. The zero-order chi connectivity index (χ0) is 25.0. The summed E-state index contributed by atoms with van der Waals surface area (Å²) in [6.45, 7) is 0.220. The summed E-state index contributed by atoms with van der Waals surface area (Å²) in [5.41, 5.74) is 0.421. The van der Waals surface area contributed by atoms with E-state index in [1.165, 1.54) is 17.0 Å². The number of aryl methyl sites for hydroxylation is 1. The number of nitrogens with zero attached hydrogens (tertiary/aromatic N) is 3. The van der Waals surface area contributed by atoms with E-state index in [-0.39, 0.29) is 31.0 Å². The van der Waals surface area contributed by atoms with E-state index in [2.05, 4.69) is 10.2 Å². The van der Waals surface area contributed by atoms with Gasteiger partial charge in [0, 0.05) is 31.6 Å². The molecule has 1 saturated heterocycles. The van der Waals surface area contributed by atoms with E-state index in [0.29, 0.717) is 12.8 Å². The zero-order valence-corrected chi connectivity index (χ0v) is 19.5. The van der Waals surface area contributed by atoms with Gasteiger partial charge in [-0.25, -0.2) is 0 Å². The third kappa shape index (κ3) is 4.23. The lowest BCUT2D eigenvalue weighted by Gasteiger charge is -2.29. The van der Waals surface area contributed by atoms with E-state index in [1.807, 2.05) is 0 Å². The number of rotatable bonds is 6. The Kier molecular flexibility index (Phi) is 5.72. The Morgan fingerprint density at radius 1 is 1.23 bits per heavy atom. The summed E-state index contributed by atoms with van der Waals surface area (Å²) < 4.78 is 40.4. The molecular formula is C25H27F3N4O3. The number of benzene rings is 1. The van der Waals surface area contributed by atoms with Gasteiger partial charge in [-0.3, -0.25) is 24.4 Å². The molecule has 35 heavy (non-hydrogen) atoms. The Bertz CT molecular complexity index is 1190. The Hall–Kier alpha value is -3.17. The average molecular weight is 489 g/mol. The summed E-state index contributed by atoms with van der Waals surface area (Å²) >= 11 is 0. The first-order valence-electron chi connectivity index (χ1n) is 11.9. The quantitative estimate of drug-likeness (QED) is 0.631. The van der Waals surface area contributed by atoms with Crippen molar-refractivity contribution in [3.63, 3.8) is 0 Å². The number of hydrogen-bond acceptors (Lipinski definition) is 4. The number of likely N-dealkylation sites (tertiary alicyclic amines) is 1. The van der Waals surface area contributed by atoms with Crippen molar-refractivity contribution in [2.75, 3.05) is 7.05 Å². The average Bonchev–Trinajstić information content (AvgIpc) is 3.52. The molecule has 1 aliphatic heterocycles. The van der Waals surface area contributed by atoms with Crippen molar-refractivity contribution in [3.8, 4) is 0 Å². The fraction of sp³-hybridized carbons (Fsp3) is 0.520. The lowest BCUT2D eigenvalue weighted by molar-refractivity contribution is -0.143. The Labute approximate surface area is 200 Å². The highest BCUT2D eigenvalue weighted by Crippen LogP contribution is 2.45. The fourth-order valence-corrected chi connectivity index (χ4v) is 5.31. The number of H-pyrrole nitrogens is 1. The molecule has 5 rings (SSSR count). The van der Waals surface area contributed by atoms with Crippen LogP contribution in [0.2, 0.25) is 0 Å². The third-order valence-electron chi connectivity index (χ3n) is 7.41. The molecule has 3 amide bonds. The molecule has 1 N–H and O–H groups in total. The number of alkyl halides is 3. The van der Waals surface area contributed by atoms with Crippen LogP contribution in [0.15, 0.2) is 24.3 Å². The number of halogens is 3. The van der Waals surface area contributed by atoms with Crippen LogP contribution in [0.3, 0.4) is 0 Å². The molecule has 0 spiro atoms. The van der Waals surface area contributed by atoms with Crippen LogP contribution in [-0.2, 0) is 45.4 Å². The number of imide groups is 1. The number of carbonyl (C=O) groups excluding carboxylic acids is 3. The van der Waals surface area contributed by atoms with E-state index in [4.69, 9.17) is 0 Å². The second-order valence-electron chi connectivity index (χ2n) is 9.90. The molecule has 1 atom stereocenters. The normalized spacial score (nSPS) is 22.5. The van der Waals surface area contributed by atoms with Crippen LogP contribution in [0.4, 0.5) is 13.2 Å². The van der Waals surface area contributed by atoms with E-state index in [9.17, 15) is 27.6 Å². The largest absolute Gasteiger partial charge is 0.416 e. The SMILES string of the molecule is CN(Cc1n[nH]c2c1CCCC2)C(=O)C[C@@]1(c2cccc(C(F)(F)F)c2)CC(=O)N(C2CC2)C1=O. The first-order valence-corrected chi connectivity index (χ1v) is 11.9. The van der Waals surface area contributed by atoms with Gasteiger partial charge in [-0.1, -0.05) is 18.2 Å². The highest BCUT2D eigenvalue weighted by atomic mass is 19.4. The van der Waals surface area contributed by atoms with Gasteiger partial charge in [-0.15, -0.1) is 0 Å². The van der Waals surface area contributed by atoms with Crippen LogP contribution >= 0.6 is 0 Å². The number of carbonyl (C=O) groups is 3. The van der Waals surface area contributed by atoms with E-state index in [1.54, 1.807) is 7.05 Å². The molecule has 0 radical (unpaired) electrons. The molecule has 10 heteroatoms. The minimum atomic E-state index is -4.61. The minimum absolute atomic E-state index is 0.0488. The maximum absolute atomic E-state index is 13.6. The smallest absolute Gasteiger partial charge is 0.340 e. The Balaban J connectivity index is 1.45. The van der Waals surface area contributed by atoms with Gasteiger partial charge < -0.3 is 4.90 Å². The predicted octanol–water partition coefficient (Wildman–Crippen LogP) is 3.52. The molecule has 2 aliphatic carbocycles. The number of nitrogens with one attached hydrogen (secondary N) is 1. The molecule has 1 aromatic heterocycles. The highest BCUT2D eigenvalue weighted by molar-refractivity contribution is 6.11. The molecule has 0 bridgehead atoms. The first-order chi connectivity index (χ1) is 16.6. The molecule has 1 saturated carbocycles. The number of aromatic nitrogens is 2. The van der Waals surface area contributed by atoms with Gasteiger partial charge >= 0.3 is 6.18 Å². The van der Waals surface area contributed by atoms with Crippen molar-refractivity contribution in [2.24, 2.45) is 0 Å². The minimum Gasteiger partial charge on any atom is -0.340 e. The molecule has 3 aliphatic rings. The summed E-state index contributed by atoms with van der Waals surface area (Å²) in [6.07, 6.45) is -0.0549. The molecule has 2 fully saturated rings. The van der Waals surface area contributed by atoms with Crippen molar-refractivity contribution in [1.29, 1.82) is 0 Å². The van der Waals surface area contributed by atoms with Gasteiger partial charge in [0.05, 0.1) is 23.2 Å². The predicted molar refractivity (Wildman–Crippen MR) is 119 cm³/mol. The second kappa shape index (κ2) is 8.49. The first kappa shape index (κ1) is 23.6. The maximum atomic E-state index is 13.6. The van der Waals surface area contributed by atoms with Gasteiger partial charge in [0.1, 0.15) is 0 Å². The number of hydrogen-bond donors (Lipinski definition) is 1. The Morgan fingerprint density at radius 2 is 1.97 bits per heavy atom. The third-order valence-corrected chi connectivity index (χ3v) is 7.41. The second-order valence-corrected chi connectivity index (χ2v) is 9.90. The van der Waals surface area contributed by atoms with Crippen molar-refractivity contribution >= 4 is 17.7 Å². The van der Waals surface area contributed by atoms with Crippen molar-refractivity contribution in [3.05, 3.63) is 52.3 Å². The summed E-state index contributed by atoms with van der Waals surface area (Å²) in [5.74, 6) is -1.44. The molecule has 2 aromatic rings. The van der Waals surface area contributed by atoms with Gasteiger partial charge in [0.15, 0.2) is 0 Å². The molecule has 7 nitrogen and oxygen atoms in total. The fourth-order valence-electron chi connectivity index (χ4n) is 5.31. The monoisotopic (exact) mass is 488 g/mol. The van der Waals surface area contributed by atoms with Crippen molar-refractivity contribution in [1.82, 2.24) is 20.0 Å².